The van der Waals surface area contributed by atoms with E-state index in [0.717, 1.165) is 32.1 Å². The van der Waals surface area contributed by atoms with Crippen LogP contribution in [-0.4, -0.2) is 28.6 Å². The fraction of sp³-hybridized carbons (Fsp3) is 0.857. The summed E-state index contributed by atoms with van der Waals surface area (Å²) in [5.74, 6) is -1.11. The zero-order valence-electron chi connectivity index (χ0n) is 12.2. The van der Waals surface area contributed by atoms with Crippen LogP contribution in [-0.2, 0) is 9.59 Å². The summed E-state index contributed by atoms with van der Waals surface area (Å²) in [5.41, 5.74) is 5.00. The lowest BCUT2D eigenvalue weighted by atomic mass is 9.78. The number of nitrogens with two attached hydrogens (primary N) is 1. The second kappa shape index (κ2) is 5.90. The molecule has 1 amide bonds. The van der Waals surface area contributed by atoms with Gasteiger partial charge in [0, 0.05) is 0 Å². The molecule has 0 aromatic heterocycles. The molecule has 1 aliphatic rings. The Kier molecular flexibility index (Phi) is 4.96. The van der Waals surface area contributed by atoms with Crippen LogP contribution in [0.15, 0.2) is 0 Å². The molecule has 0 saturated heterocycles. The van der Waals surface area contributed by atoms with Crippen LogP contribution in [0.2, 0.25) is 0 Å². The Morgan fingerprint density at radius 3 is 2.21 bits per heavy atom. The molecule has 0 heterocycles. The molecule has 1 aliphatic carbocycles. The van der Waals surface area contributed by atoms with Crippen molar-refractivity contribution in [1.29, 1.82) is 0 Å². The maximum absolute atomic E-state index is 12.2. The summed E-state index contributed by atoms with van der Waals surface area (Å²) >= 11 is 0. The zero-order valence-corrected chi connectivity index (χ0v) is 12.2. The molecule has 1 atom stereocenters. The molecule has 110 valence electrons. The molecule has 0 aliphatic heterocycles. The van der Waals surface area contributed by atoms with Crippen molar-refractivity contribution in [2.45, 2.75) is 70.9 Å². The molecule has 0 aromatic rings. The Morgan fingerprint density at radius 1 is 1.26 bits per heavy atom. The predicted octanol–water partition coefficient (Wildman–Crippen LogP) is 1.65. The number of carboxylic acid groups (broad SMARTS) is 1. The number of carbonyl (C=O) groups excluding carboxylic acids is 1. The van der Waals surface area contributed by atoms with Gasteiger partial charge in [0.25, 0.3) is 0 Å². The molecule has 4 N–H and O–H groups in total. The standard InChI is InChI=1S/C14H26N2O3/c1-13(2,3)11(15)12(19)16-14(9-10(17)18)7-5-4-6-8-14/h11H,4-9,15H2,1-3H3,(H,16,19)(H,17,18)/t11-/m0/s1. The summed E-state index contributed by atoms with van der Waals surface area (Å²) in [7, 11) is 0. The summed E-state index contributed by atoms with van der Waals surface area (Å²) in [4.78, 5) is 23.3. The summed E-state index contributed by atoms with van der Waals surface area (Å²) in [6, 6.07) is -0.625. The lowest BCUT2D eigenvalue weighted by Gasteiger charge is -2.39. The first-order valence-electron chi connectivity index (χ1n) is 6.96. The van der Waals surface area contributed by atoms with Gasteiger partial charge in [-0.3, -0.25) is 9.59 Å². The molecule has 0 bridgehead atoms. The van der Waals surface area contributed by atoms with Crippen molar-refractivity contribution in [1.82, 2.24) is 5.32 Å². The van der Waals surface area contributed by atoms with Gasteiger partial charge >= 0.3 is 5.97 Å². The Balaban J connectivity index is 2.77. The lowest BCUT2D eigenvalue weighted by Crippen LogP contribution is -2.58. The first-order valence-corrected chi connectivity index (χ1v) is 6.96. The van der Waals surface area contributed by atoms with Crippen LogP contribution in [0, 0.1) is 5.41 Å². The van der Waals surface area contributed by atoms with Gasteiger partial charge in [-0.15, -0.1) is 0 Å². The molecule has 0 unspecified atom stereocenters. The Hall–Kier alpha value is -1.10. The van der Waals surface area contributed by atoms with Gasteiger partial charge < -0.3 is 16.2 Å². The summed E-state index contributed by atoms with van der Waals surface area (Å²) in [6.45, 7) is 5.71. The number of nitrogens with one attached hydrogen (secondary N) is 1. The first-order chi connectivity index (χ1) is 8.66. The molecule has 0 radical (unpaired) electrons. The number of amides is 1. The minimum Gasteiger partial charge on any atom is -0.481 e. The lowest BCUT2D eigenvalue weighted by molar-refractivity contribution is -0.140. The molecule has 5 nitrogen and oxygen atoms in total. The van der Waals surface area contributed by atoms with Gasteiger partial charge in [0.15, 0.2) is 0 Å². The molecule has 5 heteroatoms. The van der Waals surface area contributed by atoms with E-state index in [4.69, 9.17) is 10.8 Å². The van der Waals surface area contributed by atoms with E-state index >= 15 is 0 Å². The third kappa shape index (κ3) is 4.49. The smallest absolute Gasteiger partial charge is 0.305 e. The van der Waals surface area contributed by atoms with Crippen molar-refractivity contribution in [2.75, 3.05) is 0 Å². The van der Waals surface area contributed by atoms with E-state index in [0.29, 0.717) is 0 Å². The van der Waals surface area contributed by atoms with Crippen LogP contribution in [0.25, 0.3) is 0 Å². The number of aliphatic carboxylic acids is 1. The Morgan fingerprint density at radius 2 is 1.79 bits per heavy atom. The van der Waals surface area contributed by atoms with Crippen LogP contribution in [0.1, 0.15) is 59.3 Å². The summed E-state index contributed by atoms with van der Waals surface area (Å²) < 4.78 is 0. The van der Waals surface area contributed by atoms with Gasteiger partial charge in [-0.1, -0.05) is 40.0 Å². The molecule has 0 spiro atoms. The largest absolute Gasteiger partial charge is 0.481 e. The Labute approximate surface area is 114 Å². The van der Waals surface area contributed by atoms with Crippen molar-refractivity contribution >= 4 is 11.9 Å². The van der Waals surface area contributed by atoms with E-state index in [-0.39, 0.29) is 17.7 Å². The summed E-state index contributed by atoms with van der Waals surface area (Å²) in [6.07, 6.45) is 4.44. The van der Waals surface area contributed by atoms with Crippen molar-refractivity contribution in [3.8, 4) is 0 Å². The highest BCUT2D eigenvalue weighted by atomic mass is 16.4. The van der Waals surface area contributed by atoms with Crippen molar-refractivity contribution in [3.05, 3.63) is 0 Å². The highest BCUT2D eigenvalue weighted by molar-refractivity contribution is 5.83. The minimum atomic E-state index is -0.869. The van der Waals surface area contributed by atoms with Crippen molar-refractivity contribution < 1.29 is 14.7 Å². The van der Waals surface area contributed by atoms with E-state index in [1.54, 1.807) is 0 Å². The first kappa shape index (κ1) is 16.0. The van der Waals surface area contributed by atoms with Gasteiger partial charge in [0.05, 0.1) is 18.0 Å². The highest BCUT2D eigenvalue weighted by Gasteiger charge is 2.38. The van der Waals surface area contributed by atoms with E-state index in [1.807, 2.05) is 20.8 Å². The second-order valence-corrected chi connectivity index (χ2v) is 6.74. The van der Waals surface area contributed by atoms with Crippen LogP contribution in [0.4, 0.5) is 0 Å². The normalized spacial score (nSPS) is 20.6. The van der Waals surface area contributed by atoms with Crippen LogP contribution < -0.4 is 11.1 Å². The fourth-order valence-corrected chi connectivity index (χ4v) is 2.60. The summed E-state index contributed by atoms with van der Waals surface area (Å²) in [5, 5.41) is 12.0. The van der Waals surface area contributed by atoms with Crippen LogP contribution in [0.3, 0.4) is 0 Å². The maximum Gasteiger partial charge on any atom is 0.305 e. The average Bonchev–Trinajstić information content (AvgIpc) is 2.26. The number of hydrogen-bond donors (Lipinski definition) is 3. The highest BCUT2D eigenvalue weighted by Crippen LogP contribution is 2.31. The molecular formula is C14H26N2O3. The number of rotatable bonds is 4. The third-order valence-electron chi connectivity index (χ3n) is 3.90. The van der Waals surface area contributed by atoms with E-state index in [9.17, 15) is 9.59 Å². The molecule has 1 saturated carbocycles. The van der Waals surface area contributed by atoms with Gasteiger partial charge in [0.1, 0.15) is 0 Å². The number of hydrogen-bond acceptors (Lipinski definition) is 3. The van der Waals surface area contributed by atoms with Crippen LogP contribution in [0.5, 0.6) is 0 Å². The van der Waals surface area contributed by atoms with Gasteiger partial charge in [0.2, 0.25) is 5.91 Å². The number of carboxylic acids is 1. The minimum absolute atomic E-state index is 0.0183. The van der Waals surface area contributed by atoms with Gasteiger partial charge in [-0.2, -0.15) is 0 Å². The zero-order chi connectivity index (χ0) is 14.7. The molecule has 19 heavy (non-hydrogen) atoms. The number of carbonyl (C=O) groups is 2. The average molecular weight is 270 g/mol. The molecular weight excluding hydrogens is 244 g/mol. The quantitative estimate of drug-likeness (QED) is 0.724. The predicted molar refractivity (Wildman–Crippen MR) is 73.6 cm³/mol. The molecule has 1 fully saturated rings. The molecule has 0 aromatic carbocycles. The van der Waals surface area contributed by atoms with E-state index in [1.165, 1.54) is 0 Å². The molecule has 1 rings (SSSR count). The van der Waals surface area contributed by atoms with E-state index in [2.05, 4.69) is 5.32 Å². The monoisotopic (exact) mass is 270 g/mol. The third-order valence-corrected chi connectivity index (χ3v) is 3.90. The van der Waals surface area contributed by atoms with Gasteiger partial charge in [-0.05, 0) is 18.3 Å². The topological polar surface area (TPSA) is 92.4 Å². The van der Waals surface area contributed by atoms with E-state index < -0.39 is 17.6 Å². The van der Waals surface area contributed by atoms with Crippen molar-refractivity contribution in [3.63, 3.8) is 0 Å². The Bertz CT molecular complexity index is 341. The van der Waals surface area contributed by atoms with Crippen molar-refractivity contribution in [2.24, 2.45) is 11.1 Å². The maximum atomic E-state index is 12.2. The second-order valence-electron chi connectivity index (χ2n) is 6.74. The SMILES string of the molecule is CC(C)(C)[C@@H](N)C(=O)NC1(CC(=O)O)CCCCC1. The van der Waals surface area contributed by atoms with Gasteiger partial charge in [-0.25, -0.2) is 0 Å². The fourth-order valence-electron chi connectivity index (χ4n) is 2.60. The van der Waals surface area contributed by atoms with Crippen LogP contribution >= 0.6 is 0 Å².